The van der Waals surface area contributed by atoms with Crippen molar-refractivity contribution in [1.29, 1.82) is 0 Å². The van der Waals surface area contributed by atoms with Crippen LogP contribution in [0.3, 0.4) is 0 Å². The minimum absolute atomic E-state index is 0.0471. The Hall–Kier alpha value is -1.22. The van der Waals surface area contributed by atoms with E-state index in [1.54, 1.807) is 7.11 Å². The van der Waals surface area contributed by atoms with Crippen molar-refractivity contribution in [3.63, 3.8) is 0 Å². The van der Waals surface area contributed by atoms with Gasteiger partial charge in [-0.3, -0.25) is 0 Å². The molecule has 1 aromatic carbocycles. The Morgan fingerprint density at radius 2 is 2.13 bits per heavy atom. The molecular weight excluding hydrogens is 190 g/mol. The molecule has 0 atom stereocenters. The fraction of sp³-hybridized carbons (Fsp3) is 0.500. The predicted molar refractivity (Wildman–Crippen MR) is 59.4 cm³/mol. The number of benzene rings is 1. The summed E-state index contributed by atoms with van der Waals surface area (Å²) in [4.78, 5) is 0. The molecule has 1 aromatic rings. The van der Waals surface area contributed by atoms with E-state index in [1.165, 1.54) is 11.1 Å². The number of methoxy groups -OCH3 is 1. The van der Waals surface area contributed by atoms with Gasteiger partial charge in [0.15, 0.2) is 11.5 Å². The summed E-state index contributed by atoms with van der Waals surface area (Å²) in [5, 5.41) is 13.1. The van der Waals surface area contributed by atoms with E-state index in [4.69, 9.17) is 4.74 Å². The smallest absolute Gasteiger partial charge is 0.160 e. The highest BCUT2D eigenvalue weighted by molar-refractivity contribution is 5.49. The third-order valence-electron chi connectivity index (χ3n) is 3.04. The van der Waals surface area contributed by atoms with Gasteiger partial charge in [0.1, 0.15) is 0 Å². The first kappa shape index (κ1) is 10.3. The summed E-state index contributed by atoms with van der Waals surface area (Å²) in [6.45, 7) is 5.23. The molecule has 0 amide bonds. The van der Waals surface area contributed by atoms with E-state index < -0.39 is 0 Å². The van der Waals surface area contributed by atoms with Gasteiger partial charge in [-0.2, -0.15) is 0 Å². The Morgan fingerprint density at radius 3 is 2.80 bits per heavy atom. The minimum Gasteiger partial charge on any atom is -0.504 e. The lowest BCUT2D eigenvalue weighted by Crippen LogP contribution is -2.42. The molecule has 3 heteroatoms. The minimum atomic E-state index is -0.0471. The van der Waals surface area contributed by atoms with Gasteiger partial charge in [0.25, 0.3) is 0 Å². The lowest BCUT2D eigenvalue weighted by atomic mass is 9.85. The first-order valence-corrected chi connectivity index (χ1v) is 5.20. The molecule has 3 nitrogen and oxygen atoms in total. The van der Waals surface area contributed by atoms with Crippen LogP contribution in [0.15, 0.2) is 12.1 Å². The summed E-state index contributed by atoms with van der Waals surface area (Å²) in [7, 11) is 1.57. The van der Waals surface area contributed by atoms with E-state index in [9.17, 15) is 5.11 Å². The lowest BCUT2D eigenvalue weighted by molar-refractivity contribution is 0.355. The highest BCUT2D eigenvalue weighted by atomic mass is 16.5. The van der Waals surface area contributed by atoms with Gasteiger partial charge in [0, 0.05) is 5.54 Å². The maximum absolute atomic E-state index is 9.69. The third kappa shape index (κ3) is 1.67. The predicted octanol–water partition coefficient (Wildman–Crippen LogP) is 1.78. The number of fused-ring (bicyclic) bond motifs is 1. The number of hydrogen-bond donors (Lipinski definition) is 2. The number of nitrogens with one attached hydrogen (secondary N) is 1. The molecule has 82 valence electrons. The molecule has 1 aliphatic heterocycles. The van der Waals surface area contributed by atoms with Crippen molar-refractivity contribution < 1.29 is 9.84 Å². The first-order valence-electron chi connectivity index (χ1n) is 5.20. The van der Waals surface area contributed by atoms with Gasteiger partial charge in [0.2, 0.25) is 0 Å². The molecule has 15 heavy (non-hydrogen) atoms. The van der Waals surface area contributed by atoms with Crippen molar-refractivity contribution in [3.8, 4) is 11.5 Å². The maximum atomic E-state index is 9.69. The van der Waals surface area contributed by atoms with Gasteiger partial charge in [-0.15, -0.1) is 0 Å². The topological polar surface area (TPSA) is 41.5 Å². The number of phenolic OH excluding ortho intramolecular Hbond substituents is 1. The largest absolute Gasteiger partial charge is 0.504 e. The molecule has 0 bridgehead atoms. The molecule has 1 heterocycles. The summed E-state index contributed by atoms with van der Waals surface area (Å²) < 4.78 is 5.13. The summed E-state index contributed by atoms with van der Waals surface area (Å²) in [5.41, 5.74) is 2.37. The van der Waals surface area contributed by atoms with Crippen molar-refractivity contribution in [2.75, 3.05) is 13.7 Å². The molecule has 0 spiro atoms. The zero-order valence-corrected chi connectivity index (χ0v) is 9.42. The Kier molecular flexibility index (Phi) is 2.35. The van der Waals surface area contributed by atoms with Crippen LogP contribution in [-0.4, -0.2) is 18.8 Å². The van der Waals surface area contributed by atoms with Gasteiger partial charge < -0.3 is 15.2 Å². The van der Waals surface area contributed by atoms with Crippen LogP contribution >= 0.6 is 0 Å². The average Bonchev–Trinajstić information content (AvgIpc) is 2.16. The molecule has 0 saturated carbocycles. The third-order valence-corrected chi connectivity index (χ3v) is 3.04. The van der Waals surface area contributed by atoms with E-state index in [-0.39, 0.29) is 11.3 Å². The molecule has 0 saturated heterocycles. The van der Waals surface area contributed by atoms with Crippen LogP contribution in [0.5, 0.6) is 11.5 Å². The SMILES string of the molecule is COc1cc2c(cc1O)CCNC2(C)C. The van der Waals surface area contributed by atoms with Crippen LogP contribution in [0.1, 0.15) is 25.0 Å². The molecule has 0 radical (unpaired) electrons. The average molecular weight is 207 g/mol. The molecule has 2 rings (SSSR count). The van der Waals surface area contributed by atoms with Crippen LogP contribution < -0.4 is 10.1 Å². The van der Waals surface area contributed by atoms with E-state index in [0.29, 0.717) is 5.75 Å². The Balaban J connectivity index is 2.56. The number of ether oxygens (including phenoxy) is 1. The summed E-state index contributed by atoms with van der Waals surface area (Å²) in [6, 6.07) is 3.74. The van der Waals surface area contributed by atoms with Crippen molar-refractivity contribution in [2.45, 2.75) is 25.8 Å². The van der Waals surface area contributed by atoms with E-state index in [0.717, 1.165) is 13.0 Å². The summed E-state index contributed by atoms with van der Waals surface area (Å²) in [6.07, 6.45) is 0.955. The van der Waals surface area contributed by atoms with Crippen LogP contribution in [0.2, 0.25) is 0 Å². The van der Waals surface area contributed by atoms with Crippen LogP contribution in [0.25, 0.3) is 0 Å². The molecular formula is C12H17NO2. The first-order chi connectivity index (χ1) is 7.04. The fourth-order valence-corrected chi connectivity index (χ4v) is 2.17. The molecule has 0 aromatic heterocycles. The molecule has 2 N–H and O–H groups in total. The number of phenols is 1. The van der Waals surface area contributed by atoms with Crippen LogP contribution in [0.4, 0.5) is 0 Å². The summed E-state index contributed by atoms with van der Waals surface area (Å²) in [5.74, 6) is 0.777. The second kappa shape index (κ2) is 3.42. The van der Waals surface area contributed by atoms with Crippen molar-refractivity contribution in [3.05, 3.63) is 23.3 Å². The molecule has 0 unspecified atom stereocenters. The Bertz CT molecular complexity index is 385. The second-order valence-electron chi connectivity index (χ2n) is 4.48. The van der Waals surface area contributed by atoms with Crippen molar-refractivity contribution in [1.82, 2.24) is 5.32 Å². The second-order valence-corrected chi connectivity index (χ2v) is 4.48. The van der Waals surface area contributed by atoms with Crippen molar-refractivity contribution >= 4 is 0 Å². The standard InChI is InChI=1S/C12H17NO2/c1-12(2)9-7-11(15-3)10(14)6-8(9)4-5-13-12/h6-7,13-14H,4-5H2,1-3H3. The monoisotopic (exact) mass is 207 g/mol. The van der Waals surface area contributed by atoms with Crippen molar-refractivity contribution in [2.24, 2.45) is 0 Å². The zero-order valence-electron chi connectivity index (χ0n) is 9.42. The molecule has 0 fully saturated rings. The van der Waals surface area contributed by atoms with E-state index >= 15 is 0 Å². The Labute approximate surface area is 90.1 Å². The summed E-state index contributed by atoms with van der Waals surface area (Å²) >= 11 is 0. The van der Waals surface area contributed by atoms with E-state index in [2.05, 4.69) is 19.2 Å². The van der Waals surface area contributed by atoms with Gasteiger partial charge >= 0.3 is 0 Å². The normalized spacial score (nSPS) is 18.3. The van der Waals surface area contributed by atoms with Crippen LogP contribution in [0, 0.1) is 0 Å². The van der Waals surface area contributed by atoms with Gasteiger partial charge in [0.05, 0.1) is 7.11 Å². The highest BCUT2D eigenvalue weighted by Crippen LogP contribution is 2.36. The number of aromatic hydroxyl groups is 1. The van der Waals surface area contributed by atoms with Gasteiger partial charge in [-0.1, -0.05) is 0 Å². The number of rotatable bonds is 1. The molecule has 0 aliphatic carbocycles. The van der Waals surface area contributed by atoms with Gasteiger partial charge in [-0.05, 0) is 50.1 Å². The lowest BCUT2D eigenvalue weighted by Gasteiger charge is -2.34. The number of hydrogen-bond acceptors (Lipinski definition) is 3. The maximum Gasteiger partial charge on any atom is 0.160 e. The highest BCUT2D eigenvalue weighted by Gasteiger charge is 2.28. The molecule has 1 aliphatic rings. The zero-order chi connectivity index (χ0) is 11.1. The van der Waals surface area contributed by atoms with Crippen LogP contribution in [-0.2, 0) is 12.0 Å². The van der Waals surface area contributed by atoms with Gasteiger partial charge in [-0.25, -0.2) is 0 Å². The fourth-order valence-electron chi connectivity index (χ4n) is 2.17. The quantitative estimate of drug-likeness (QED) is 0.737. The van der Waals surface area contributed by atoms with E-state index in [1.807, 2.05) is 12.1 Å². The Morgan fingerprint density at radius 1 is 1.40 bits per heavy atom.